The first-order valence-corrected chi connectivity index (χ1v) is 7.52. The van der Waals surface area contributed by atoms with Gasteiger partial charge in [0.2, 0.25) is 0 Å². The quantitative estimate of drug-likeness (QED) is 0.843. The molecule has 0 saturated carbocycles. The van der Waals surface area contributed by atoms with E-state index in [2.05, 4.69) is 5.32 Å². The molecule has 98 valence electrons. The fourth-order valence-electron chi connectivity index (χ4n) is 1.86. The second kappa shape index (κ2) is 6.04. The first kappa shape index (κ1) is 13.8. The Balaban J connectivity index is 2.00. The molecule has 0 radical (unpaired) electrons. The summed E-state index contributed by atoms with van der Waals surface area (Å²) in [6.45, 7) is 0.684. The number of nitrogens with two attached hydrogens (primary N) is 1. The molecule has 3 nitrogen and oxygen atoms in total. The van der Waals surface area contributed by atoms with Gasteiger partial charge in [-0.3, -0.25) is 4.79 Å². The van der Waals surface area contributed by atoms with Gasteiger partial charge in [-0.2, -0.15) is 11.8 Å². The van der Waals surface area contributed by atoms with Gasteiger partial charge in [-0.25, -0.2) is 0 Å². The highest BCUT2D eigenvalue weighted by molar-refractivity contribution is 8.00. The van der Waals surface area contributed by atoms with Crippen LogP contribution in [0.3, 0.4) is 0 Å². The Hall–Kier alpha value is -0.580. The third kappa shape index (κ3) is 3.25. The van der Waals surface area contributed by atoms with Crippen molar-refractivity contribution in [2.24, 2.45) is 0 Å². The molecule has 1 fully saturated rings. The number of anilines is 1. The van der Waals surface area contributed by atoms with Crippen LogP contribution in [0.5, 0.6) is 0 Å². The van der Waals surface area contributed by atoms with E-state index in [0.29, 0.717) is 33.1 Å². The summed E-state index contributed by atoms with van der Waals surface area (Å²) in [7, 11) is 0. The Bertz CT molecular complexity index is 438. The SMILES string of the molecule is Nc1cc(C(=O)NCC2CCCS2)cc(Cl)c1Cl. The lowest BCUT2D eigenvalue weighted by Crippen LogP contribution is -2.29. The molecule has 1 aliphatic heterocycles. The van der Waals surface area contributed by atoms with Crippen LogP contribution in [0, 0.1) is 0 Å². The number of carbonyl (C=O) groups is 1. The molecule has 0 spiro atoms. The first-order valence-electron chi connectivity index (χ1n) is 5.72. The number of hydrogen-bond donors (Lipinski definition) is 2. The Kier molecular flexibility index (Phi) is 4.65. The summed E-state index contributed by atoms with van der Waals surface area (Å²) in [5, 5.41) is 4.01. The van der Waals surface area contributed by atoms with E-state index in [9.17, 15) is 4.79 Å². The molecule has 18 heavy (non-hydrogen) atoms. The maximum Gasteiger partial charge on any atom is 0.251 e. The van der Waals surface area contributed by atoms with Crippen LogP contribution in [0.2, 0.25) is 10.0 Å². The van der Waals surface area contributed by atoms with Crippen molar-refractivity contribution in [3.05, 3.63) is 27.7 Å². The van der Waals surface area contributed by atoms with Crippen LogP contribution in [-0.2, 0) is 0 Å². The molecular weight excluding hydrogens is 291 g/mol. The zero-order valence-electron chi connectivity index (χ0n) is 9.71. The van der Waals surface area contributed by atoms with Crippen molar-refractivity contribution in [3.63, 3.8) is 0 Å². The molecule has 0 bridgehead atoms. The van der Waals surface area contributed by atoms with Crippen molar-refractivity contribution < 1.29 is 4.79 Å². The lowest BCUT2D eigenvalue weighted by molar-refractivity contribution is 0.0953. The average molecular weight is 305 g/mol. The molecule has 1 aromatic carbocycles. The summed E-state index contributed by atoms with van der Waals surface area (Å²) in [6, 6.07) is 3.09. The third-order valence-electron chi connectivity index (χ3n) is 2.83. The largest absolute Gasteiger partial charge is 0.397 e. The molecule has 1 amide bonds. The molecule has 1 unspecified atom stereocenters. The number of benzene rings is 1. The van der Waals surface area contributed by atoms with Crippen molar-refractivity contribution in [1.82, 2.24) is 5.32 Å². The maximum absolute atomic E-state index is 11.9. The molecular formula is C12H14Cl2N2OS. The van der Waals surface area contributed by atoms with Crippen molar-refractivity contribution in [3.8, 4) is 0 Å². The molecule has 1 heterocycles. The summed E-state index contributed by atoms with van der Waals surface area (Å²) >= 11 is 13.6. The van der Waals surface area contributed by atoms with Crippen molar-refractivity contribution in [2.45, 2.75) is 18.1 Å². The molecule has 1 atom stereocenters. The Labute approximate surface area is 120 Å². The van der Waals surface area contributed by atoms with Gasteiger partial charge in [-0.05, 0) is 30.7 Å². The molecule has 6 heteroatoms. The minimum absolute atomic E-state index is 0.159. The smallest absolute Gasteiger partial charge is 0.251 e. The van der Waals surface area contributed by atoms with Crippen molar-refractivity contribution in [1.29, 1.82) is 0 Å². The Morgan fingerprint density at radius 3 is 2.89 bits per heavy atom. The predicted molar refractivity (Wildman–Crippen MR) is 78.7 cm³/mol. The van der Waals surface area contributed by atoms with Crippen LogP contribution in [0.15, 0.2) is 12.1 Å². The van der Waals surface area contributed by atoms with Gasteiger partial charge in [0.05, 0.1) is 15.7 Å². The standard InChI is InChI=1S/C12H14Cl2N2OS/c13-9-4-7(5-10(15)11(9)14)12(17)16-6-8-2-1-3-18-8/h4-5,8H,1-3,6,15H2,(H,16,17). The predicted octanol–water partition coefficient (Wildman–Crippen LogP) is 3.20. The van der Waals surface area contributed by atoms with E-state index in [1.54, 1.807) is 6.07 Å². The molecule has 1 saturated heterocycles. The summed E-state index contributed by atoms with van der Waals surface area (Å²) in [5.41, 5.74) is 6.45. The number of nitrogens with one attached hydrogen (secondary N) is 1. The van der Waals surface area contributed by atoms with E-state index in [1.165, 1.54) is 18.2 Å². The fourth-order valence-corrected chi connectivity index (χ4v) is 3.39. The van der Waals surface area contributed by atoms with Crippen LogP contribution < -0.4 is 11.1 Å². The fraction of sp³-hybridized carbons (Fsp3) is 0.417. The van der Waals surface area contributed by atoms with Crippen LogP contribution in [0.25, 0.3) is 0 Å². The number of nitrogen functional groups attached to an aromatic ring is 1. The van der Waals surface area contributed by atoms with Gasteiger partial charge in [0.15, 0.2) is 0 Å². The monoisotopic (exact) mass is 304 g/mol. The lowest BCUT2D eigenvalue weighted by Gasteiger charge is -2.11. The van der Waals surface area contributed by atoms with Crippen LogP contribution in [-0.4, -0.2) is 23.5 Å². The van der Waals surface area contributed by atoms with Gasteiger partial charge < -0.3 is 11.1 Å². The summed E-state index contributed by atoms with van der Waals surface area (Å²) in [4.78, 5) is 11.9. The van der Waals surface area contributed by atoms with Crippen LogP contribution in [0.1, 0.15) is 23.2 Å². The van der Waals surface area contributed by atoms with Crippen LogP contribution in [0.4, 0.5) is 5.69 Å². The second-order valence-corrected chi connectivity index (χ2v) is 6.40. The maximum atomic E-state index is 11.9. The molecule has 1 aromatic rings. The summed E-state index contributed by atoms with van der Waals surface area (Å²) in [6.07, 6.45) is 2.39. The highest BCUT2D eigenvalue weighted by atomic mass is 35.5. The molecule has 0 aliphatic carbocycles. The van der Waals surface area contributed by atoms with Gasteiger partial charge in [-0.1, -0.05) is 23.2 Å². The number of thioether (sulfide) groups is 1. The van der Waals surface area contributed by atoms with Gasteiger partial charge >= 0.3 is 0 Å². The van der Waals surface area contributed by atoms with E-state index >= 15 is 0 Å². The van der Waals surface area contributed by atoms with Gasteiger partial charge in [-0.15, -0.1) is 0 Å². The van der Waals surface area contributed by atoms with E-state index in [1.807, 2.05) is 11.8 Å². The molecule has 2 rings (SSSR count). The summed E-state index contributed by atoms with van der Waals surface area (Å²) < 4.78 is 0. The third-order valence-corrected chi connectivity index (χ3v) is 5.05. The number of hydrogen-bond acceptors (Lipinski definition) is 3. The van der Waals surface area contributed by atoms with Gasteiger partial charge in [0.25, 0.3) is 5.91 Å². The van der Waals surface area contributed by atoms with E-state index < -0.39 is 0 Å². The normalized spacial score (nSPS) is 18.9. The number of carbonyl (C=O) groups excluding carboxylic acids is 1. The molecule has 1 aliphatic rings. The number of amides is 1. The minimum atomic E-state index is -0.159. The number of rotatable bonds is 3. The topological polar surface area (TPSA) is 55.1 Å². The Morgan fingerprint density at radius 1 is 1.50 bits per heavy atom. The van der Waals surface area contributed by atoms with E-state index in [-0.39, 0.29) is 5.91 Å². The van der Waals surface area contributed by atoms with E-state index in [4.69, 9.17) is 28.9 Å². The second-order valence-electron chi connectivity index (χ2n) is 4.21. The molecule has 0 aromatic heterocycles. The number of halogens is 2. The van der Waals surface area contributed by atoms with Crippen molar-refractivity contribution >= 4 is 46.6 Å². The summed E-state index contributed by atoms with van der Waals surface area (Å²) in [5.74, 6) is 1.02. The zero-order chi connectivity index (χ0) is 13.1. The minimum Gasteiger partial charge on any atom is -0.397 e. The average Bonchev–Trinajstić information content (AvgIpc) is 2.85. The van der Waals surface area contributed by atoms with Crippen LogP contribution >= 0.6 is 35.0 Å². The molecule has 3 N–H and O–H groups in total. The zero-order valence-corrected chi connectivity index (χ0v) is 12.0. The van der Waals surface area contributed by atoms with E-state index in [0.717, 1.165) is 6.42 Å². The van der Waals surface area contributed by atoms with Gasteiger partial charge in [0.1, 0.15) is 0 Å². The highest BCUT2D eigenvalue weighted by Crippen LogP contribution is 2.29. The van der Waals surface area contributed by atoms with Gasteiger partial charge in [0, 0.05) is 17.4 Å². The first-order chi connectivity index (χ1) is 8.58. The highest BCUT2D eigenvalue weighted by Gasteiger charge is 2.17. The lowest BCUT2D eigenvalue weighted by atomic mass is 10.2. The van der Waals surface area contributed by atoms with Crippen molar-refractivity contribution in [2.75, 3.05) is 18.0 Å². The Morgan fingerprint density at radius 2 is 2.28 bits per heavy atom.